The third-order valence-corrected chi connectivity index (χ3v) is 2.16. The number of anilines is 1. The lowest BCUT2D eigenvalue weighted by Gasteiger charge is -2.10. The van der Waals surface area contributed by atoms with Crippen LogP contribution in [0.1, 0.15) is 28.2 Å². The smallest absolute Gasteiger partial charge is 0.340 e. The second-order valence-corrected chi connectivity index (χ2v) is 3.15. The van der Waals surface area contributed by atoms with E-state index in [1.807, 2.05) is 0 Å². The molecule has 1 rings (SSSR count). The van der Waals surface area contributed by atoms with Gasteiger partial charge in [0, 0.05) is 0 Å². The van der Waals surface area contributed by atoms with Crippen LogP contribution in [0.4, 0.5) is 14.5 Å². The SMILES string of the molecule is COC(=O)c1cc(CCl)nc(C(F)F)c1N. The molecule has 0 spiro atoms. The van der Waals surface area contributed by atoms with Gasteiger partial charge in [-0.2, -0.15) is 0 Å². The van der Waals surface area contributed by atoms with Gasteiger partial charge in [-0.25, -0.2) is 18.6 Å². The van der Waals surface area contributed by atoms with Crippen molar-refractivity contribution < 1.29 is 18.3 Å². The molecule has 0 amide bonds. The molecule has 1 aromatic heterocycles. The maximum absolute atomic E-state index is 12.6. The standard InChI is InChI=1S/C9H9ClF2N2O2/c1-16-9(15)5-2-4(3-10)14-7(6(5)13)8(11)12/h2,8H,3,13H2,1H3. The Morgan fingerprint density at radius 1 is 1.69 bits per heavy atom. The van der Waals surface area contributed by atoms with Gasteiger partial charge in [-0.3, -0.25) is 0 Å². The zero-order chi connectivity index (χ0) is 12.3. The number of methoxy groups -OCH3 is 1. The van der Waals surface area contributed by atoms with Crippen LogP contribution in [0.3, 0.4) is 0 Å². The largest absolute Gasteiger partial charge is 0.465 e. The van der Waals surface area contributed by atoms with E-state index in [9.17, 15) is 13.6 Å². The fourth-order valence-electron chi connectivity index (χ4n) is 1.14. The summed E-state index contributed by atoms with van der Waals surface area (Å²) in [5, 5.41) is 0. The molecule has 0 aliphatic rings. The fourth-order valence-corrected chi connectivity index (χ4v) is 1.28. The van der Waals surface area contributed by atoms with E-state index in [1.165, 1.54) is 6.07 Å². The molecule has 0 saturated carbocycles. The molecule has 2 N–H and O–H groups in total. The highest BCUT2D eigenvalue weighted by molar-refractivity contribution is 6.17. The van der Waals surface area contributed by atoms with Gasteiger partial charge in [-0.05, 0) is 6.07 Å². The lowest BCUT2D eigenvalue weighted by atomic mass is 10.1. The minimum Gasteiger partial charge on any atom is -0.465 e. The van der Waals surface area contributed by atoms with Crippen LogP contribution in [-0.4, -0.2) is 18.1 Å². The van der Waals surface area contributed by atoms with Crippen LogP contribution in [0, 0.1) is 0 Å². The van der Waals surface area contributed by atoms with Crippen LogP contribution >= 0.6 is 11.6 Å². The predicted molar refractivity (Wildman–Crippen MR) is 54.5 cm³/mol. The average Bonchev–Trinajstić information content (AvgIpc) is 2.28. The first kappa shape index (κ1) is 12.6. The monoisotopic (exact) mass is 250 g/mol. The molecule has 0 aliphatic heterocycles. The van der Waals surface area contributed by atoms with Crippen molar-refractivity contribution in [2.45, 2.75) is 12.3 Å². The highest BCUT2D eigenvalue weighted by atomic mass is 35.5. The number of halogens is 3. The van der Waals surface area contributed by atoms with Crippen molar-refractivity contribution in [1.82, 2.24) is 4.98 Å². The molecule has 4 nitrogen and oxygen atoms in total. The molecule has 0 atom stereocenters. The number of ether oxygens (including phenoxy) is 1. The molecule has 0 aliphatic carbocycles. The first-order valence-corrected chi connectivity index (χ1v) is 4.76. The average molecular weight is 251 g/mol. The Morgan fingerprint density at radius 2 is 2.31 bits per heavy atom. The molecule has 0 unspecified atom stereocenters. The summed E-state index contributed by atoms with van der Waals surface area (Å²) in [6.45, 7) is 0. The molecular formula is C9H9ClF2N2O2. The number of carbonyl (C=O) groups excluding carboxylic acids is 1. The van der Waals surface area contributed by atoms with Gasteiger partial charge in [-0.15, -0.1) is 11.6 Å². The Balaban J connectivity index is 3.37. The summed E-state index contributed by atoms with van der Waals surface area (Å²) in [5.74, 6) is -0.891. The molecule has 0 aromatic carbocycles. The highest BCUT2D eigenvalue weighted by Crippen LogP contribution is 2.27. The predicted octanol–water partition coefficient (Wildman–Crippen LogP) is 2.13. The molecular weight excluding hydrogens is 242 g/mol. The summed E-state index contributed by atoms with van der Waals surface area (Å²) in [6, 6.07) is 1.24. The molecule has 88 valence electrons. The van der Waals surface area contributed by atoms with Gasteiger partial charge in [-0.1, -0.05) is 0 Å². The van der Waals surface area contributed by atoms with Crippen molar-refractivity contribution >= 4 is 23.3 Å². The Kier molecular flexibility index (Phi) is 4.00. The van der Waals surface area contributed by atoms with Crippen molar-refractivity contribution in [3.05, 3.63) is 23.0 Å². The van der Waals surface area contributed by atoms with E-state index in [1.54, 1.807) is 0 Å². The number of esters is 1. The van der Waals surface area contributed by atoms with Crippen molar-refractivity contribution in [2.75, 3.05) is 12.8 Å². The molecule has 16 heavy (non-hydrogen) atoms. The second-order valence-electron chi connectivity index (χ2n) is 2.89. The Bertz CT molecular complexity index is 413. The first-order valence-electron chi connectivity index (χ1n) is 4.23. The minimum atomic E-state index is -2.87. The lowest BCUT2D eigenvalue weighted by Crippen LogP contribution is -2.11. The third-order valence-electron chi connectivity index (χ3n) is 1.89. The molecule has 0 radical (unpaired) electrons. The van der Waals surface area contributed by atoms with Gasteiger partial charge in [0.1, 0.15) is 5.69 Å². The van der Waals surface area contributed by atoms with E-state index in [0.717, 1.165) is 7.11 Å². The van der Waals surface area contributed by atoms with Crippen LogP contribution in [0.2, 0.25) is 0 Å². The molecule has 0 saturated heterocycles. The Morgan fingerprint density at radius 3 is 2.75 bits per heavy atom. The minimum absolute atomic E-state index is 0.0933. The van der Waals surface area contributed by atoms with Crippen molar-refractivity contribution in [3.63, 3.8) is 0 Å². The number of nitrogens with zero attached hydrogens (tertiary/aromatic N) is 1. The summed E-state index contributed by atoms with van der Waals surface area (Å²) < 4.78 is 29.5. The van der Waals surface area contributed by atoms with E-state index in [0.29, 0.717) is 0 Å². The van der Waals surface area contributed by atoms with Gasteiger partial charge in [0.2, 0.25) is 0 Å². The van der Waals surface area contributed by atoms with Crippen molar-refractivity contribution in [2.24, 2.45) is 0 Å². The van der Waals surface area contributed by atoms with Crippen LogP contribution in [0.5, 0.6) is 0 Å². The van der Waals surface area contributed by atoms with Crippen LogP contribution in [0.25, 0.3) is 0 Å². The zero-order valence-electron chi connectivity index (χ0n) is 8.34. The number of carbonyl (C=O) groups is 1. The number of hydrogen-bond donors (Lipinski definition) is 1. The Labute approximate surface area is 95.4 Å². The number of alkyl halides is 3. The van der Waals surface area contributed by atoms with E-state index in [2.05, 4.69) is 9.72 Å². The topological polar surface area (TPSA) is 65.2 Å². The summed E-state index contributed by atoms with van der Waals surface area (Å²) in [5.41, 5.74) is 4.36. The first-order chi connectivity index (χ1) is 7.51. The summed E-state index contributed by atoms with van der Waals surface area (Å²) in [7, 11) is 1.13. The zero-order valence-corrected chi connectivity index (χ0v) is 9.09. The second kappa shape index (κ2) is 5.07. The van der Waals surface area contributed by atoms with Crippen LogP contribution in [0.15, 0.2) is 6.07 Å². The maximum atomic E-state index is 12.6. The third kappa shape index (κ3) is 2.38. The summed E-state index contributed by atoms with van der Waals surface area (Å²) in [6.07, 6.45) is -2.87. The van der Waals surface area contributed by atoms with Gasteiger partial charge in [0.25, 0.3) is 6.43 Å². The quantitative estimate of drug-likeness (QED) is 0.659. The number of rotatable bonds is 3. The number of hydrogen-bond acceptors (Lipinski definition) is 4. The maximum Gasteiger partial charge on any atom is 0.340 e. The summed E-state index contributed by atoms with van der Waals surface area (Å²) in [4.78, 5) is 14.8. The van der Waals surface area contributed by atoms with E-state index < -0.39 is 18.1 Å². The molecule has 0 fully saturated rings. The fraction of sp³-hybridized carbons (Fsp3) is 0.333. The number of pyridine rings is 1. The van der Waals surface area contributed by atoms with Crippen LogP contribution in [-0.2, 0) is 10.6 Å². The molecule has 1 heterocycles. The van der Waals surface area contributed by atoms with Gasteiger partial charge >= 0.3 is 5.97 Å². The molecule has 7 heteroatoms. The van der Waals surface area contributed by atoms with E-state index >= 15 is 0 Å². The Hall–Kier alpha value is -1.43. The number of nitrogen functional groups attached to an aromatic ring is 1. The normalized spacial score (nSPS) is 10.6. The molecule has 1 aromatic rings. The van der Waals surface area contributed by atoms with E-state index in [4.69, 9.17) is 17.3 Å². The molecule has 0 bridgehead atoms. The summed E-state index contributed by atoms with van der Waals surface area (Å²) >= 11 is 5.48. The number of nitrogens with two attached hydrogens (primary N) is 1. The van der Waals surface area contributed by atoms with Crippen molar-refractivity contribution in [3.8, 4) is 0 Å². The van der Waals surface area contributed by atoms with Gasteiger partial charge in [0.15, 0.2) is 0 Å². The van der Waals surface area contributed by atoms with Gasteiger partial charge in [0.05, 0.1) is 29.9 Å². The van der Waals surface area contributed by atoms with Crippen molar-refractivity contribution in [1.29, 1.82) is 0 Å². The highest BCUT2D eigenvalue weighted by Gasteiger charge is 2.21. The van der Waals surface area contributed by atoms with Gasteiger partial charge < -0.3 is 10.5 Å². The van der Waals surface area contributed by atoms with E-state index in [-0.39, 0.29) is 22.8 Å². The number of aromatic nitrogens is 1. The van der Waals surface area contributed by atoms with Crippen LogP contribution < -0.4 is 5.73 Å². The lowest BCUT2D eigenvalue weighted by molar-refractivity contribution is 0.0601.